The maximum absolute atomic E-state index is 14.0. The van der Waals surface area contributed by atoms with Gasteiger partial charge < -0.3 is 28.7 Å². The molecule has 2 aromatic rings. The van der Waals surface area contributed by atoms with E-state index in [2.05, 4.69) is 0 Å². The number of hydrogen-bond acceptors (Lipinski definition) is 10. The molecule has 6 amide bonds. The Morgan fingerprint density at radius 1 is 0.462 bits per heavy atom. The first-order chi connectivity index (χ1) is 25.0. The zero-order valence-electron chi connectivity index (χ0n) is 30.3. The van der Waals surface area contributed by atoms with Gasteiger partial charge in [0.1, 0.15) is 12.1 Å². The largest absolute Gasteiger partial charge is 0.377 e. The Balaban J connectivity index is 1.19. The molecule has 5 rings (SSSR count). The molecule has 14 heteroatoms. The third-order valence-electron chi connectivity index (χ3n) is 9.37. The third-order valence-corrected chi connectivity index (χ3v) is 9.37. The van der Waals surface area contributed by atoms with Crippen molar-refractivity contribution in [3.63, 3.8) is 0 Å². The summed E-state index contributed by atoms with van der Waals surface area (Å²) < 4.78 is 23.2. The van der Waals surface area contributed by atoms with E-state index >= 15 is 0 Å². The first kappa shape index (κ1) is 38.7. The SMILES string of the molecule is CC(C)C(C(=O)N1CCOCCOCCN(C(=O)C(C(C)C)N2C(=O)c3ccccc3C2=O)CCOCCOCC1)N1C(=O)c2ccccc2C1=O. The van der Waals surface area contributed by atoms with Crippen LogP contribution in [0.25, 0.3) is 0 Å². The van der Waals surface area contributed by atoms with Crippen LogP contribution in [0.3, 0.4) is 0 Å². The molecule has 3 aliphatic heterocycles. The van der Waals surface area contributed by atoms with Crippen molar-refractivity contribution in [1.82, 2.24) is 19.6 Å². The highest BCUT2D eigenvalue weighted by molar-refractivity contribution is 6.23. The minimum absolute atomic E-state index is 0.173. The van der Waals surface area contributed by atoms with Crippen LogP contribution in [0.2, 0.25) is 0 Å². The van der Waals surface area contributed by atoms with Crippen molar-refractivity contribution in [2.45, 2.75) is 39.8 Å². The Kier molecular flexibility index (Phi) is 13.3. The monoisotopic (exact) mass is 720 g/mol. The number of benzene rings is 2. The van der Waals surface area contributed by atoms with Gasteiger partial charge in [0.05, 0.1) is 75.1 Å². The van der Waals surface area contributed by atoms with E-state index < -0.39 is 35.7 Å². The first-order valence-corrected chi connectivity index (χ1v) is 17.9. The summed E-state index contributed by atoms with van der Waals surface area (Å²) in [6.07, 6.45) is 0. The van der Waals surface area contributed by atoms with E-state index in [-0.39, 0.29) is 125 Å². The number of fused-ring (bicyclic) bond motifs is 2. The van der Waals surface area contributed by atoms with Gasteiger partial charge in [0.2, 0.25) is 11.8 Å². The predicted octanol–water partition coefficient (Wildman–Crippen LogP) is 2.37. The number of rotatable bonds is 6. The Bertz CT molecular complexity index is 1440. The number of hydrogen-bond donors (Lipinski definition) is 0. The Labute approximate surface area is 303 Å². The van der Waals surface area contributed by atoms with Gasteiger partial charge in [-0.05, 0) is 36.1 Å². The second-order valence-electron chi connectivity index (χ2n) is 13.5. The number of amides is 6. The van der Waals surface area contributed by atoms with E-state index in [0.717, 1.165) is 9.80 Å². The third kappa shape index (κ3) is 8.41. The van der Waals surface area contributed by atoms with Crippen molar-refractivity contribution in [2.24, 2.45) is 11.8 Å². The van der Waals surface area contributed by atoms with Gasteiger partial charge in [0.25, 0.3) is 23.6 Å². The minimum atomic E-state index is -1.00. The molecule has 1 saturated heterocycles. The van der Waals surface area contributed by atoms with Crippen LogP contribution in [0.1, 0.15) is 69.1 Å². The van der Waals surface area contributed by atoms with Gasteiger partial charge in [-0.3, -0.25) is 38.6 Å². The van der Waals surface area contributed by atoms with Gasteiger partial charge in [0, 0.05) is 26.2 Å². The number of carbonyl (C=O) groups excluding carboxylic acids is 6. The molecule has 0 spiro atoms. The molecule has 3 heterocycles. The molecule has 280 valence electrons. The fourth-order valence-corrected chi connectivity index (χ4v) is 6.69. The molecule has 0 aromatic heterocycles. The van der Waals surface area contributed by atoms with E-state index in [4.69, 9.17) is 18.9 Å². The Hall–Kier alpha value is -4.50. The highest BCUT2D eigenvalue weighted by Gasteiger charge is 2.46. The maximum atomic E-state index is 14.0. The van der Waals surface area contributed by atoms with Gasteiger partial charge in [-0.25, -0.2) is 0 Å². The average molecular weight is 721 g/mol. The first-order valence-electron chi connectivity index (χ1n) is 17.9. The van der Waals surface area contributed by atoms with Crippen molar-refractivity contribution < 1.29 is 47.7 Å². The van der Waals surface area contributed by atoms with Gasteiger partial charge in [-0.1, -0.05) is 52.0 Å². The van der Waals surface area contributed by atoms with E-state index in [1.54, 1.807) is 86.0 Å². The smallest absolute Gasteiger partial charge is 0.262 e. The molecule has 2 unspecified atom stereocenters. The fourth-order valence-electron chi connectivity index (χ4n) is 6.69. The van der Waals surface area contributed by atoms with Gasteiger partial charge in [-0.2, -0.15) is 0 Å². The second-order valence-corrected chi connectivity index (χ2v) is 13.5. The van der Waals surface area contributed by atoms with Crippen LogP contribution in [-0.4, -0.2) is 146 Å². The molecular weight excluding hydrogens is 672 g/mol. The van der Waals surface area contributed by atoms with Crippen LogP contribution in [0.4, 0.5) is 0 Å². The molecule has 0 bridgehead atoms. The summed E-state index contributed by atoms with van der Waals surface area (Å²) in [6.45, 7) is 9.54. The topological polar surface area (TPSA) is 152 Å². The molecular formula is C38H48N4O10. The lowest BCUT2D eigenvalue weighted by molar-refractivity contribution is -0.140. The summed E-state index contributed by atoms with van der Waals surface area (Å²) in [6, 6.07) is 11.1. The Morgan fingerprint density at radius 2 is 0.712 bits per heavy atom. The molecule has 2 aromatic carbocycles. The van der Waals surface area contributed by atoms with E-state index in [9.17, 15) is 28.8 Å². The quantitative estimate of drug-likeness (QED) is 0.407. The van der Waals surface area contributed by atoms with Gasteiger partial charge in [-0.15, -0.1) is 0 Å². The standard InChI is InChI=1S/C38H48N4O10/c1-25(2)31(41-33(43)27-9-5-6-10-28(27)34(41)44)37(47)39-13-17-49-21-23-51-19-15-40(16-20-52-24-22-50-18-14-39)38(48)32(26(3)4)42-35(45)29-11-7-8-12-30(29)36(42)46/h5-12,25-26,31-32H,13-24H2,1-4H3. The van der Waals surface area contributed by atoms with Crippen LogP contribution in [0.5, 0.6) is 0 Å². The van der Waals surface area contributed by atoms with Crippen LogP contribution in [0, 0.1) is 11.8 Å². The highest BCUT2D eigenvalue weighted by atomic mass is 16.5. The number of nitrogens with zero attached hydrogens (tertiary/aromatic N) is 4. The zero-order chi connectivity index (χ0) is 37.4. The summed E-state index contributed by atoms with van der Waals surface area (Å²) in [4.78, 5) is 86.4. The Morgan fingerprint density at radius 3 is 0.942 bits per heavy atom. The number of carbonyl (C=O) groups is 6. The predicted molar refractivity (Wildman–Crippen MR) is 188 cm³/mol. The summed E-state index contributed by atoms with van der Waals surface area (Å²) >= 11 is 0. The molecule has 3 aliphatic rings. The van der Waals surface area contributed by atoms with Crippen LogP contribution >= 0.6 is 0 Å². The van der Waals surface area contributed by atoms with E-state index in [0.29, 0.717) is 0 Å². The number of imide groups is 2. The van der Waals surface area contributed by atoms with Crippen molar-refractivity contribution in [3.05, 3.63) is 70.8 Å². The minimum Gasteiger partial charge on any atom is -0.377 e. The molecule has 0 saturated carbocycles. The van der Waals surface area contributed by atoms with E-state index in [1.165, 1.54) is 0 Å². The van der Waals surface area contributed by atoms with Crippen molar-refractivity contribution in [1.29, 1.82) is 0 Å². The van der Waals surface area contributed by atoms with Crippen molar-refractivity contribution in [2.75, 3.05) is 79.0 Å². The molecule has 2 atom stereocenters. The average Bonchev–Trinajstić information content (AvgIpc) is 3.52. The van der Waals surface area contributed by atoms with Crippen LogP contribution in [-0.2, 0) is 28.5 Å². The van der Waals surface area contributed by atoms with Crippen LogP contribution < -0.4 is 0 Å². The maximum Gasteiger partial charge on any atom is 0.262 e. The lowest BCUT2D eigenvalue weighted by Gasteiger charge is -2.34. The fraction of sp³-hybridized carbons (Fsp3) is 0.526. The molecule has 1 fully saturated rings. The zero-order valence-corrected chi connectivity index (χ0v) is 30.3. The summed E-state index contributed by atoms with van der Waals surface area (Å²) in [5.74, 6) is -3.38. The summed E-state index contributed by atoms with van der Waals surface area (Å²) in [5, 5.41) is 0. The van der Waals surface area contributed by atoms with Crippen LogP contribution in [0.15, 0.2) is 48.5 Å². The summed E-state index contributed by atoms with van der Waals surface area (Å²) in [5.41, 5.74) is 1.14. The van der Waals surface area contributed by atoms with E-state index in [1.807, 2.05) is 0 Å². The molecule has 0 aliphatic carbocycles. The lowest BCUT2D eigenvalue weighted by Crippen LogP contribution is -2.54. The molecule has 14 nitrogen and oxygen atoms in total. The van der Waals surface area contributed by atoms with Gasteiger partial charge >= 0.3 is 0 Å². The molecule has 0 radical (unpaired) electrons. The second kappa shape index (κ2) is 17.8. The highest BCUT2D eigenvalue weighted by Crippen LogP contribution is 2.29. The molecule has 0 N–H and O–H groups in total. The van der Waals surface area contributed by atoms with Crippen molar-refractivity contribution >= 4 is 35.4 Å². The normalized spacial score (nSPS) is 19.8. The lowest BCUT2D eigenvalue weighted by atomic mass is 10.0. The van der Waals surface area contributed by atoms with Crippen molar-refractivity contribution in [3.8, 4) is 0 Å². The summed E-state index contributed by atoms with van der Waals surface area (Å²) in [7, 11) is 0. The van der Waals surface area contributed by atoms with Gasteiger partial charge in [0.15, 0.2) is 0 Å². The number of ether oxygens (including phenoxy) is 4. The molecule has 52 heavy (non-hydrogen) atoms.